The van der Waals surface area contributed by atoms with E-state index in [2.05, 4.69) is 6.92 Å². The summed E-state index contributed by atoms with van der Waals surface area (Å²) in [6.45, 7) is 5.41. The molecular weight excluding hydrogens is 250 g/mol. The van der Waals surface area contributed by atoms with Gasteiger partial charge in [0.15, 0.2) is 0 Å². The third-order valence-electron chi connectivity index (χ3n) is 4.36. The molecule has 1 saturated heterocycles. The van der Waals surface area contributed by atoms with Crippen LogP contribution in [0, 0.1) is 12.8 Å². The van der Waals surface area contributed by atoms with Gasteiger partial charge in [0.2, 0.25) is 5.91 Å². The van der Waals surface area contributed by atoms with Crippen molar-refractivity contribution >= 4 is 5.91 Å². The van der Waals surface area contributed by atoms with Gasteiger partial charge in [0, 0.05) is 13.0 Å². The molecule has 1 heterocycles. The first-order valence-corrected chi connectivity index (χ1v) is 7.62. The molecule has 1 N–H and O–H groups in total. The Morgan fingerprint density at radius 3 is 2.65 bits per heavy atom. The van der Waals surface area contributed by atoms with Crippen molar-refractivity contribution in [2.75, 3.05) is 13.1 Å². The van der Waals surface area contributed by atoms with Crippen LogP contribution in [0.1, 0.15) is 49.8 Å². The van der Waals surface area contributed by atoms with Gasteiger partial charge in [0.1, 0.15) is 0 Å². The summed E-state index contributed by atoms with van der Waals surface area (Å²) in [5.41, 5.74) is 2.07. The van der Waals surface area contributed by atoms with Crippen LogP contribution in [0.2, 0.25) is 0 Å². The first kappa shape index (κ1) is 15.0. The Bertz CT molecular complexity index is 441. The minimum absolute atomic E-state index is 0.187. The predicted octanol–water partition coefficient (Wildman–Crippen LogP) is 3.07. The number of hydrogen-bond acceptors (Lipinski definition) is 2. The van der Waals surface area contributed by atoms with Crippen LogP contribution in [0.5, 0.6) is 0 Å². The third kappa shape index (κ3) is 3.83. The summed E-state index contributed by atoms with van der Waals surface area (Å²) in [4.78, 5) is 13.9. The fraction of sp³-hybridized carbons (Fsp3) is 0.588. The zero-order valence-electron chi connectivity index (χ0n) is 12.5. The van der Waals surface area contributed by atoms with Crippen LogP contribution in [0.3, 0.4) is 0 Å². The van der Waals surface area contributed by atoms with E-state index < -0.39 is 6.10 Å². The lowest BCUT2D eigenvalue weighted by molar-refractivity contribution is -0.132. The lowest BCUT2D eigenvalue weighted by Gasteiger charge is -2.24. The van der Waals surface area contributed by atoms with Gasteiger partial charge in [-0.25, -0.2) is 0 Å². The number of aliphatic hydroxyl groups is 1. The third-order valence-corrected chi connectivity index (χ3v) is 4.36. The molecule has 3 nitrogen and oxygen atoms in total. The topological polar surface area (TPSA) is 40.5 Å². The van der Waals surface area contributed by atoms with Crippen molar-refractivity contribution in [2.24, 2.45) is 5.92 Å². The molecule has 1 fully saturated rings. The molecule has 1 aromatic carbocycles. The monoisotopic (exact) mass is 275 g/mol. The largest absolute Gasteiger partial charge is 0.387 e. The summed E-state index contributed by atoms with van der Waals surface area (Å²) in [5, 5.41) is 10.3. The number of nitrogens with zero attached hydrogens (tertiary/aromatic N) is 1. The highest BCUT2D eigenvalue weighted by molar-refractivity contribution is 5.76. The van der Waals surface area contributed by atoms with Gasteiger partial charge in [-0.05, 0) is 31.2 Å². The van der Waals surface area contributed by atoms with Gasteiger partial charge in [0.25, 0.3) is 0 Å². The van der Waals surface area contributed by atoms with Crippen molar-refractivity contribution in [1.29, 1.82) is 0 Å². The first-order chi connectivity index (χ1) is 9.60. The van der Waals surface area contributed by atoms with E-state index in [1.54, 1.807) is 0 Å². The molecule has 0 spiro atoms. The van der Waals surface area contributed by atoms with Crippen LogP contribution in [0.4, 0.5) is 0 Å². The van der Waals surface area contributed by atoms with E-state index in [-0.39, 0.29) is 5.91 Å². The quantitative estimate of drug-likeness (QED) is 0.917. The molecule has 1 aliphatic rings. The van der Waals surface area contributed by atoms with Gasteiger partial charge >= 0.3 is 0 Å². The number of rotatable bonds is 4. The summed E-state index contributed by atoms with van der Waals surface area (Å²) < 4.78 is 0. The lowest BCUT2D eigenvalue weighted by Crippen LogP contribution is -2.34. The maximum absolute atomic E-state index is 12.1. The Balaban J connectivity index is 1.97. The van der Waals surface area contributed by atoms with Crippen LogP contribution in [0.15, 0.2) is 24.3 Å². The highest BCUT2D eigenvalue weighted by Gasteiger charge is 2.23. The molecule has 0 aromatic heterocycles. The SMILES string of the molecule is CCC1CCC(=O)N(CC(O)c2ccc(C)cc2)CC1. The summed E-state index contributed by atoms with van der Waals surface area (Å²) in [6.07, 6.45) is 3.23. The second-order valence-electron chi connectivity index (χ2n) is 5.87. The van der Waals surface area contributed by atoms with Crippen molar-refractivity contribution < 1.29 is 9.90 Å². The molecule has 20 heavy (non-hydrogen) atoms. The van der Waals surface area contributed by atoms with Gasteiger partial charge in [-0.15, -0.1) is 0 Å². The van der Waals surface area contributed by atoms with Crippen molar-refractivity contribution in [3.63, 3.8) is 0 Å². The summed E-state index contributed by atoms with van der Waals surface area (Å²) in [6, 6.07) is 7.88. The Kier molecular flexibility index (Phi) is 5.18. The molecule has 1 aromatic rings. The maximum Gasteiger partial charge on any atom is 0.222 e. The average Bonchev–Trinajstić information content (AvgIpc) is 2.62. The molecule has 0 saturated carbocycles. The minimum Gasteiger partial charge on any atom is -0.387 e. The van der Waals surface area contributed by atoms with Gasteiger partial charge in [-0.2, -0.15) is 0 Å². The molecule has 2 unspecified atom stereocenters. The molecule has 1 amide bonds. The van der Waals surface area contributed by atoms with Gasteiger partial charge < -0.3 is 10.0 Å². The van der Waals surface area contributed by atoms with E-state index in [1.165, 1.54) is 5.56 Å². The number of benzene rings is 1. The van der Waals surface area contributed by atoms with Crippen LogP contribution in [0.25, 0.3) is 0 Å². The van der Waals surface area contributed by atoms with E-state index in [4.69, 9.17) is 0 Å². The maximum atomic E-state index is 12.1. The van der Waals surface area contributed by atoms with E-state index in [0.29, 0.717) is 18.9 Å². The molecule has 0 bridgehead atoms. The number of carbonyl (C=O) groups excluding carboxylic acids is 1. The number of hydrogen-bond donors (Lipinski definition) is 1. The molecule has 0 radical (unpaired) electrons. The molecule has 2 atom stereocenters. The number of aryl methyl sites for hydroxylation is 1. The number of aliphatic hydroxyl groups excluding tert-OH is 1. The molecule has 2 rings (SSSR count). The molecule has 0 aliphatic carbocycles. The highest BCUT2D eigenvalue weighted by atomic mass is 16.3. The van der Waals surface area contributed by atoms with Gasteiger partial charge in [0.05, 0.1) is 12.6 Å². The standard InChI is InChI=1S/C17H25NO2/c1-3-14-6-9-17(20)18(11-10-14)12-16(19)15-7-4-13(2)5-8-15/h4-5,7-8,14,16,19H,3,6,9-12H2,1-2H3. The number of β-amino-alcohol motifs (C(OH)–C–C–N with tert-alkyl or cyclic N) is 1. The van der Waals surface area contributed by atoms with E-state index in [1.807, 2.05) is 36.1 Å². The van der Waals surface area contributed by atoms with E-state index in [9.17, 15) is 9.90 Å². The molecule has 3 heteroatoms. The molecular formula is C17H25NO2. The Hall–Kier alpha value is -1.35. The van der Waals surface area contributed by atoms with Gasteiger partial charge in [-0.3, -0.25) is 4.79 Å². The summed E-state index contributed by atoms with van der Waals surface area (Å²) in [7, 11) is 0. The van der Waals surface area contributed by atoms with Crippen molar-refractivity contribution in [3.8, 4) is 0 Å². The van der Waals surface area contributed by atoms with Crippen LogP contribution >= 0.6 is 0 Å². The summed E-state index contributed by atoms with van der Waals surface area (Å²) >= 11 is 0. The van der Waals surface area contributed by atoms with Crippen molar-refractivity contribution in [1.82, 2.24) is 4.90 Å². The second-order valence-corrected chi connectivity index (χ2v) is 5.87. The number of amides is 1. The first-order valence-electron chi connectivity index (χ1n) is 7.62. The Morgan fingerprint density at radius 1 is 1.30 bits per heavy atom. The minimum atomic E-state index is -0.585. The predicted molar refractivity (Wildman–Crippen MR) is 80.4 cm³/mol. The number of likely N-dealkylation sites (tertiary alicyclic amines) is 1. The smallest absolute Gasteiger partial charge is 0.222 e. The average molecular weight is 275 g/mol. The van der Waals surface area contributed by atoms with Crippen LogP contribution in [-0.2, 0) is 4.79 Å². The van der Waals surface area contributed by atoms with Crippen molar-refractivity contribution in [2.45, 2.75) is 45.6 Å². The van der Waals surface area contributed by atoms with E-state index >= 15 is 0 Å². The Morgan fingerprint density at radius 2 is 2.00 bits per heavy atom. The second kappa shape index (κ2) is 6.89. The normalized spacial score (nSPS) is 21.6. The zero-order chi connectivity index (χ0) is 14.5. The fourth-order valence-corrected chi connectivity index (χ4v) is 2.80. The number of carbonyl (C=O) groups is 1. The molecule has 1 aliphatic heterocycles. The zero-order valence-corrected chi connectivity index (χ0v) is 12.5. The van der Waals surface area contributed by atoms with Gasteiger partial charge in [-0.1, -0.05) is 43.2 Å². The van der Waals surface area contributed by atoms with E-state index in [0.717, 1.165) is 31.4 Å². The molecule has 110 valence electrons. The Labute approximate surface area is 121 Å². The van der Waals surface area contributed by atoms with Crippen LogP contribution < -0.4 is 0 Å². The van der Waals surface area contributed by atoms with Crippen LogP contribution in [-0.4, -0.2) is 29.0 Å². The van der Waals surface area contributed by atoms with Crippen molar-refractivity contribution in [3.05, 3.63) is 35.4 Å². The fourth-order valence-electron chi connectivity index (χ4n) is 2.80. The summed E-state index contributed by atoms with van der Waals surface area (Å²) in [5.74, 6) is 0.840. The highest BCUT2D eigenvalue weighted by Crippen LogP contribution is 2.23. The lowest BCUT2D eigenvalue weighted by atomic mass is 9.98.